The Bertz CT molecular complexity index is 15200. The Morgan fingerprint density at radius 2 is 0.333 bits per heavy atom. The molecule has 0 saturated carbocycles. The van der Waals surface area contributed by atoms with Crippen molar-refractivity contribution in [1.29, 1.82) is 0 Å². The highest BCUT2D eigenvalue weighted by Crippen LogP contribution is 2.53. The first-order chi connectivity index (χ1) is 99.5. The minimum Gasteiger partial charge on any atom is -0.456 e. The second-order valence-corrected chi connectivity index (χ2v) is 30.0. The molecule has 0 aliphatic heterocycles. The van der Waals surface area contributed by atoms with Crippen molar-refractivity contribution in [3.05, 3.63) is 471 Å². The maximum Gasteiger partial charge on any atom is 0.136 e. The van der Waals surface area contributed by atoms with Gasteiger partial charge in [-0.2, -0.15) is 0 Å². The van der Waals surface area contributed by atoms with Crippen LogP contribution in [-0.2, 0) is 0 Å². The van der Waals surface area contributed by atoms with Crippen LogP contribution >= 0.6 is 0 Å². The predicted molar refractivity (Wildman–Crippen MR) is 576 cm³/mol. The van der Waals surface area contributed by atoms with E-state index in [4.69, 9.17) is 81.8 Å². The molecule has 135 heavy (non-hydrogen) atoms. The largest absolute Gasteiger partial charge is 0.456 e. The molecule has 30 rings (SSSR count). The lowest BCUT2D eigenvalue weighted by atomic mass is 9.83. The Kier molecular flexibility index (Phi) is 7.23. The van der Waals surface area contributed by atoms with Gasteiger partial charge >= 0.3 is 0 Å². The number of benzene rings is 27. The van der Waals surface area contributed by atoms with Crippen LogP contribution in [0.5, 0.6) is 0 Å². The van der Waals surface area contributed by atoms with Crippen LogP contribution in [-0.4, -0.2) is 0 Å². The fourth-order valence-corrected chi connectivity index (χ4v) is 17.4. The van der Waals surface area contributed by atoms with Gasteiger partial charge in [0.15, 0.2) is 0 Å². The second-order valence-electron chi connectivity index (χ2n) is 30.0. The first-order valence-corrected chi connectivity index (χ1v) is 40.2. The SMILES string of the molecule is [2H]c1c(-c2c3c([2H])c([2H])c([2H])c([2H])c3c(-c3c([2H])c([2H])c([2H])c4c3c([2H])c([2H])c3c([2H])c([2H])c([2H])c([2H])c34)c3c([2H])c([2H])c([2H])c([2H])c23)c([2H])c2c(oc3c([2H])c([2H])c4c([2H])c([2H])c([2H])c([2H])c4c32)c1[2H].[2H]c1c(-c2c3c([2H])c([2H])c([2H])c([2H])c3c(-c3c([2H])c([2H])c4c(c3[2H])c([2H])c([2H])c3c([2H])c([2H])c([2H])c([2H])c34)c3c([2H])c([2H])c([2H])c([2H])c23)c([2H])c2c(oc3c([2H])c([2H])c4c([2H])c([2H])c([2H])c([2H])c4c32)c1[2H].[2H]c1c(-c2c3c([2H])c([2H])c([2H])c([2H])c3c(-c3c([2H])c4c([2H])c([2H])c([2H])c([2H])c4c4c([2H])c([2H])c([2H])c([2H])c34)c3c([2H])c([2H])c([2H])c([2H])c23)c([2H])c2c(oc3c([2H])c([2H])c4c([2H])c([2H])c([2H])c([2H])c4c32)c1[2H]. The summed E-state index contributed by atoms with van der Waals surface area (Å²) in [5.41, 5.74) is -12.1. The van der Waals surface area contributed by atoms with Crippen molar-refractivity contribution in [1.82, 2.24) is 0 Å². The van der Waals surface area contributed by atoms with E-state index in [1.165, 1.54) is 0 Å². The van der Waals surface area contributed by atoms with E-state index in [1.54, 1.807) is 0 Å². The van der Waals surface area contributed by atoms with Crippen LogP contribution in [0.4, 0.5) is 0 Å². The third kappa shape index (κ3) is 12.0. The van der Waals surface area contributed by atoms with Crippen LogP contribution < -0.4 is 0 Å². The van der Waals surface area contributed by atoms with Gasteiger partial charge in [0.1, 0.15) is 33.5 Å². The summed E-state index contributed by atoms with van der Waals surface area (Å²) in [6, 6.07) is -68.3. The molecule has 30 aromatic rings. The van der Waals surface area contributed by atoms with Crippen molar-refractivity contribution in [2.75, 3.05) is 0 Å². The molecule has 0 saturated heterocycles. The minimum absolute atomic E-state index is 0.383. The summed E-state index contributed by atoms with van der Waals surface area (Å²) in [5.74, 6) is 0. The molecule has 27 aromatic carbocycles. The number of hydrogen-bond donors (Lipinski definition) is 0. The van der Waals surface area contributed by atoms with Gasteiger partial charge in [0.05, 0.1) is 107 Å². The summed E-state index contributed by atoms with van der Waals surface area (Å²) < 4.78 is 722. The Labute approximate surface area is 884 Å². The van der Waals surface area contributed by atoms with Gasteiger partial charge < -0.3 is 13.3 Å². The van der Waals surface area contributed by atoms with Crippen molar-refractivity contribution >= 4 is 227 Å². The highest BCUT2D eigenvalue weighted by Gasteiger charge is 2.26. The summed E-state index contributed by atoms with van der Waals surface area (Å²) >= 11 is 0. The Balaban J connectivity index is 0.000000140. The van der Waals surface area contributed by atoms with Gasteiger partial charge in [0.2, 0.25) is 0 Å². The molecule has 3 heterocycles. The van der Waals surface area contributed by atoms with E-state index >= 15 is 0 Å². The van der Waals surface area contributed by atoms with Gasteiger partial charge in [-0.15, -0.1) is 0 Å². The molecule has 624 valence electrons. The van der Waals surface area contributed by atoms with Crippen LogP contribution in [0.3, 0.4) is 0 Å². The summed E-state index contributed by atoms with van der Waals surface area (Å²) in [6.45, 7) is 0. The van der Waals surface area contributed by atoms with E-state index in [9.17, 15) is 38.4 Å². The first-order valence-electron chi connectivity index (χ1n) is 79.2. The third-order valence-corrected chi connectivity index (χ3v) is 23.0. The molecule has 0 radical (unpaired) electrons. The van der Waals surface area contributed by atoms with Crippen molar-refractivity contribution in [3.8, 4) is 66.8 Å². The van der Waals surface area contributed by atoms with E-state index in [0.29, 0.717) is 0 Å². The van der Waals surface area contributed by atoms with Crippen molar-refractivity contribution in [2.45, 2.75) is 0 Å². The molecule has 0 bridgehead atoms. The van der Waals surface area contributed by atoms with Gasteiger partial charge in [-0.1, -0.05) is 405 Å². The fraction of sp³-hybridized carbons (Fsp3) is 0. The summed E-state index contributed by atoms with van der Waals surface area (Å²) in [7, 11) is 0. The molecule has 0 N–H and O–H groups in total. The molecular formula is C132H78O3. The van der Waals surface area contributed by atoms with E-state index in [2.05, 4.69) is 0 Å². The molecule has 3 nitrogen and oxygen atoms in total. The first kappa shape index (κ1) is 32.1. The number of fused-ring (bicyclic) bond motifs is 30. The lowest BCUT2D eigenvalue weighted by molar-refractivity contribution is 0.669. The standard InChI is InChI=1S/3C44H26O/c1-4-14-31-27(11-1)21-24-41-44(31)39-26-29(22-23-40(39)45-41)42-34-17-7-9-19-36(34)43(37-20-10-8-18-35(37)42)38-25-28-12-2-3-13-30(28)32-15-5-6-16-33(32)38;1-3-12-30-27(10-1)20-23-33-32(30)18-9-19-34(33)43-37-16-7-5-14-35(37)42(36-15-6-8-17-38(36)43)29-22-24-40-39(26-29)44-31-13-4-2-11-28(31)21-25-41(44)45-40;1-3-11-32-27(9-1)17-18-29-25-30(19-22-33(29)32)42-35-13-5-7-15-37(35)43(38-16-8-6-14-36(38)42)31-21-23-40-39(26-31)44-34-12-4-2-10-28(34)20-24-41(44)45-40/h3*1-26H/i3*1D,2D,3D,4D,5D,6D,7D,8D,9D,10D,11D,12D,13D,14D,15D,16D,17D,18D,19D,20D,21D,22D,23D,24D,25D,26D. The average Bonchev–Trinajstić information content (AvgIpc) is 1.45. The Hall–Kier alpha value is -17.8. The smallest absolute Gasteiger partial charge is 0.136 e. The van der Waals surface area contributed by atoms with Crippen LogP contribution in [0.2, 0.25) is 0 Å². The highest BCUT2D eigenvalue weighted by atomic mass is 16.3. The predicted octanol–water partition coefficient (Wildman–Crippen LogP) is 38.1. The van der Waals surface area contributed by atoms with Crippen molar-refractivity contribution in [2.24, 2.45) is 0 Å². The lowest BCUT2D eigenvalue weighted by Crippen LogP contribution is -1.92. The van der Waals surface area contributed by atoms with Crippen LogP contribution in [0.15, 0.2) is 485 Å². The number of furan rings is 3. The van der Waals surface area contributed by atoms with Crippen molar-refractivity contribution in [3.63, 3.8) is 0 Å². The van der Waals surface area contributed by atoms with Gasteiger partial charge in [-0.3, -0.25) is 0 Å². The monoisotopic (exact) mass is 1790 g/mol. The zero-order valence-electron chi connectivity index (χ0n) is 145. The highest BCUT2D eigenvalue weighted by molar-refractivity contribution is 6.31. The van der Waals surface area contributed by atoms with E-state index in [-0.39, 0.29) is 10.8 Å². The van der Waals surface area contributed by atoms with Crippen LogP contribution in [0, 0.1) is 0 Å². The molecule has 0 fully saturated rings. The lowest BCUT2D eigenvalue weighted by Gasteiger charge is -2.19. The Morgan fingerprint density at radius 1 is 0.119 bits per heavy atom. The van der Waals surface area contributed by atoms with Crippen molar-refractivity contribution < 1.29 is 120 Å². The van der Waals surface area contributed by atoms with Gasteiger partial charge in [-0.05, 0) is 295 Å². The van der Waals surface area contributed by atoms with Gasteiger partial charge in [0.25, 0.3) is 0 Å². The molecule has 0 amide bonds. The molecule has 0 aliphatic carbocycles. The second kappa shape index (κ2) is 30.4. The third-order valence-electron chi connectivity index (χ3n) is 23.0. The summed E-state index contributed by atoms with van der Waals surface area (Å²) in [5, 5.41) is -20.8. The Morgan fingerprint density at radius 3 is 0.711 bits per heavy atom. The quantitative estimate of drug-likeness (QED) is 0.123. The average molecular weight is 1790 g/mol. The summed E-state index contributed by atoms with van der Waals surface area (Å²) in [4.78, 5) is 0. The number of hydrogen-bond acceptors (Lipinski definition) is 3. The summed E-state index contributed by atoms with van der Waals surface area (Å²) in [6.07, 6.45) is 0. The van der Waals surface area contributed by atoms with E-state index in [0.717, 1.165) is 0 Å². The zero-order chi connectivity index (χ0) is 156. The number of rotatable bonds is 6. The molecular weight excluding hydrogens is 1630 g/mol. The fourth-order valence-electron chi connectivity index (χ4n) is 17.4. The van der Waals surface area contributed by atoms with Gasteiger partial charge in [0, 0.05) is 32.3 Å². The molecule has 0 atom stereocenters. The van der Waals surface area contributed by atoms with Gasteiger partial charge in [-0.25, -0.2) is 0 Å². The molecule has 0 aliphatic rings. The van der Waals surface area contributed by atoms with E-state index < -0.39 is 755 Å². The van der Waals surface area contributed by atoms with Crippen LogP contribution in [0.25, 0.3) is 294 Å². The van der Waals surface area contributed by atoms with E-state index in [1.807, 2.05) is 0 Å². The van der Waals surface area contributed by atoms with Crippen LogP contribution in [0.1, 0.15) is 107 Å². The topological polar surface area (TPSA) is 39.4 Å². The minimum atomic E-state index is -0.988. The normalized spacial score (nSPS) is 20.1. The maximum absolute atomic E-state index is 9.92. The zero-order valence-corrected chi connectivity index (χ0v) is 67.2. The molecule has 3 heteroatoms. The molecule has 0 spiro atoms. The maximum atomic E-state index is 9.92. The molecule has 3 aromatic heterocycles. The molecule has 0 unspecified atom stereocenters.